The number of fused-ring (bicyclic) bond motifs is 1. The number of carbonyl (C=O) groups is 1. The molecule has 2 heterocycles. The zero-order valence-corrected chi connectivity index (χ0v) is 18.1. The van der Waals surface area contributed by atoms with Crippen LogP contribution in [0.15, 0.2) is 0 Å². The van der Waals surface area contributed by atoms with Gasteiger partial charge in [0.1, 0.15) is 0 Å². The van der Waals surface area contributed by atoms with Crippen LogP contribution in [0.4, 0.5) is 0 Å². The minimum absolute atomic E-state index is 0. The third-order valence-electron chi connectivity index (χ3n) is 7.32. The number of piperazine rings is 1. The van der Waals surface area contributed by atoms with Gasteiger partial charge in [-0.15, -0.1) is 0 Å². The Morgan fingerprint density at radius 2 is 1.59 bits per heavy atom. The lowest BCUT2D eigenvalue weighted by Crippen LogP contribution is -2.49. The molecule has 158 valence electrons. The number of nitrogens with zero attached hydrogens (tertiary/aromatic N) is 3. The Hall–Kier alpha value is -0.650. The van der Waals surface area contributed by atoms with E-state index >= 15 is 0 Å². The molecule has 3 rings (SSSR count). The molecular weight excluding hydrogens is 336 g/mol. The number of nitrogens with one attached hydrogen (secondary N) is 1. The molecule has 1 N–H and O–H groups in total. The fourth-order valence-corrected chi connectivity index (χ4v) is 5.25. The Morgan fingerprint density at radius 1 is 1.00 bits per heavy atom. The molecule has 3 fully saturated rings. The summed E-state index contributed by atoms with van der Waals surface area (Å²) in [5.74, 6) is 2.03. The minimum atomic E-state index is 0. The Bertz CT molecular complexity index is 467. The maximum Gasteiger partial charge on any atom is 0.223 e. The molecule has 0 aromatic rings. The van der Waals surface area contributed by atoms with Crippen molar-refractivity contribution in [2.75, 3.05) is 52.4 Å². The van der Waals surface area contributed by atoms with Crippen molar-refractivity contribution in [1.29, 1.82) is 0 Å². The second-order valence-electron chi connectivity index (χ2n) is 9.59. The Balaban J connectivity index is 0.00000280. The zero-order valence-electron chi connectivity index (χ0n) is 18.1. The topological polar surface area (TPSA) is 38.8 Å². The van der Waals surface area contributed by atoms with E-state index < -0.39 is 0 Å². The first-order chi connectivity index (χ1) is 13.0. The summed E-state index contributed by atoms with van der Waals surface area (Å²) in [6, 6.07) is 1.12. The number of hydrogen-bond acceptors (Lipinski definition) is 4. The highest BCUT2D eigenvalue weighted by Gasteiger charge is 2.41. The van der Waals surface area contributed by atoms with E-state index in [4.69, 9.17) is 0 Å². The molecule has 0 radical (unpaired) electrons. The van der Waals surface area contributed by atoms with E-state index in [1.807, 2.05) is 6.92 Å². The van der Waals surface area contributed by atoms with E-state index in [1.54, 1.807) is 0 Å². The van der Waals surface area contributed by atoms with Crippen LogP contribution >= 0.6 is 0 Å². The van der Waals surface area contributed by atoms with Crippen molar-refractivity contribution in [1.82, 2.24) is 20.0 Å². The highest BCUT2D eigenvalue weighted by atomic mass is 16.1. The first-order valence-corrected chi connectivity index (χ1v) is 11.4. The first kappa shape index (κ1) is 21.1. The van der Waals surface area contributed by atoms with Gasteiger partial charge < -0.3 is 15.1 Å². The van der Waals surface area contributed by atoms with Gasteiger partial charge in [0.15, 0.2) is 0 Å². The van der Waals surface area contributed by atoms with E-state index in [0.29, 0.717) is 12.1 Å². The summed E-state index contributed by atoms with van der Waals surface area (Å²) in [5.41, 5.74) is 0. The van der Waals surface area contributed by atoms with Gasteiger partial charge >= 0.3 is 0 Å². The van der Waals surface area contributed by atoms with Crippen LogP contribution in [0.25, 0.3) is 0 Å². The van der Waals surface area contributed by atoms with Gasteiger partial charge in [-0.1, -0.05) is 13.8 Å². The van der Waals surface area contributed by atoms with Gasteiger partial charge in [0, 0.05) is 58.7 Å². The summed E-state index contributed by atoms with van der Waals surface area (Å²) in [6.45, 7) is 18.7. The van der Waals surface area contributed by atoms with Gasteiger partial charge in [-0.05, 0) is 64.5 Å². The van der Waals surface area contributed by atoms with E-state index in [2.05, 4.69) is 40.8 Å². The highest BCUT2D eigenvalue weighted by molar-refractivity contribution is 5.78. The molecule has 3 atom stereocenters. The quantitative estimate of drug-likeness (QED) is 0.702. The van der Waals surface area contributed by atoms with Crippen molar-refractivity contribution >= 4 is 5.91 Å². The molecule has 1 aliphatic carbocycles. The molecule has 0 spiro atoms. The standard InChI is InChI=1S/C22H42N4O.H2/c1-5-18(4)22(27)23-21-13-19-15-25(16-20(19)14-21)8-6-7-24-9-11-26(12-10-24)17(2)3;/h17-21H,5-16H2,1-4H3,(H,23,27);1H. The largest absolute Gasteiger partial charge is 0.353 e. The van der Waals surface area contributed by atoms with Crippen molar-refractivity contribution in [2.45, 2.75) is 65.5 Å². The molecule has 1 amide bonds. The summed E-state index contributed by atoms with van der Waals surface area (Å²) in [5, 5.41) is 3.30. The van der Waals surface area contributed by atoms with Crippen molar-refractivity contribution in [3.63, 3.8) is 0 Å². The van der Waals surface area contributed by atoms with E-state index in [0.717, 1.165) is 18.3 Å². The monoisotopic (exact) mass is 380 g/mol. The first-order valence-electron chi connectivity index (χ1n) is 11.4. The van der Waals surface area contributed by atoms with Gasteiger partial charge in [0.05, 0.1) is 0 Å². The summed E-state index contributed by atoms with van der Waals surface area (Å²) in [4.78, 5) is 20.1. The molecule has 0 bridgehead atoms. The molecule has 0 aromatic carbocycles. The molecule has 5 nitrogen and oxygen atoms in total. The minimum Gasteiger partial charge on any atom is -0.353 e. The average molecular weight is 381 g/mol. The van der Waals surface area contributed by atoms with E-state index in [1.165, 1.54) is 71.6 Å². The average Bonchev–Trinajstić information content (AvgIpc) is 3.19. The van der Waals surface area contributed by atoms with Crippen molar-refractivity contribution in [3.8, 4) is 0 Å². The Labute approximate surface area is 168 Å². The SMILES string of the molecule is CCC(C)C(=O)NC1CC2CN(CCCN3CCN(C(C)C)CC3)CC2C1.[HH]. The van der Waals surface area contributed by atoms with Gasteiger partial charge in [-0.3, -0.25) is 9.69 Å². The molecule has 27 heavy (non-hydrogen) atoms. The second kappa shape index (κ2) is 9.71. The van der Waals surface area contributed by atoms with Gasteiger partial charge in [0.2, 0.25) is 5.91 Å². The molecular formula is C22H44N4O. The Kier molecular flexibility index (Phi) is 7.57. The van der Waals surface area contributed by atoms with Crippen LogP contribution in [0.5, 0.6) is 0 Å². The van der Waals surface area contributed by atoms with Crippen LogP contribution in [0.1, 0.15) is 54.8 Å². The van der Waals surface area contributed by atoms with Crippen molar-refractivity contribution < 1.29 is 6.22 Å². The molecule has 5 heteroatoms. The van der Waals surface area contributed by atoms with E-state index in [-0.39, 0.29) is 13.3 Å². The lowest BCUT2D eigenvalue weighted by atomic mass is 10.0. The van der Waals surface area contributed by atoms with Gasteiger partial charge in [0.25, 0.3) is 0 Å². The van der Waals surface area contributed by atoms with Gasteiger partial charge in [-0.2, -0.15) is 0 Å². The van der Waals surface area contributed by atoms with Gasteiger partial charge in [-0.25, -0.2) is 0 Å². The summed E-state index contributed by atoms with van der Waals surface area (Å²) in [6.07, 6.45) is 4.63. The fraction of sp³-hybridized carbons (Fsp3) is 0.955. The lowest BCUT2D eigenvalue weighted by Gasteiger charge is -2.37. The predicted molar refractivity (Wildman–Crippen MR) is 114 cm³/mol. The number of rotatable bonds is 8. The number of amides is 1. The number of likely N-dealkylation sites (tertiary alicyclic amines) is 1. The molecule has 1 saturated carbocycles. The molecule has 0 aromatic heterocycles. The number of carbonyl (C=O) groups excluding carboxylic acids is 1. The van der Waals surface area contributed by atoms with Crippen LogP contribution in [-0.4, -0.2) is 85.0 Å². The van der Waals surface area contributed by atoms with E-state index in [9.17, 15) is 4.79 Å². The molecule has 3 unspecified atom stereocenters. The highest BCUT2D eigenvalue weighted by Crippen LogP contribution is 2.38. The third-order valence-corrected chi connectivity index (χ3v) is 7.32. The molecule has 2 aliphatic heterocycles. The predicted octanol–water partition coefficient (Wildman–Crippen LogP) is 2.52. The van der Waals surface area contributed by atoms with Crippen LogP contribution in [0.3, 0.4) is 0 Å². The summed E-state index contributed by atoms with van der Waals surface area (Å²) in [7, 11) is 0. The Morgan fingerprint density at radius 3 is 2.15 bits per heavy atom. The maximum absolute atomic E-state index is 12.1. The summed E-state index contributed by atoms with van der Waals surface area (Å²) >= 11 is 0. The maximum atomic E-state index is 12.1. The lowest BCUT2D eigenvalue weighted by molar-refractivity contribution is -0.125. The second-order valence-corrected chi connectivity index (χ2v) is 9.59. The zero-order chi connectivity index (χ0) is 19.4. The smallest absolute Gasteiger partial charge is 0.223 e. The fourth-order valence-electron chi connectivity index (χ4n) is 5.25. The van der Waals surface area contributed by atoms with Crippen LogP contribution in [0, 0.1) is 17.8 Å². The van der Waals surface area contributed by atoms with Crippen molar-refractivity contribution in [3.05, 3.63) is 0 Å². The molecule has 2 saturated heterocycles. The normalized spacial score (nSPS) is 31.4. The van der Waals surface area contributed by atoms with Crippen LogP contribution in [0.2, 0.25) is 0 Å². The number of hydrogen-bond donors (Lipinski definition) is 1. The molecule has 3 aliphatic rings. The van der Waals surface area contributed by atoms with Crippen LogP contribution in [-0.2, 0) is 4.79 Å². The summed E-state index contributed by atoms with van der Waals surface area (Å²) < 4.78 is 0. The third kappa shape index (κ3) is 5.68. The van der Waals surface area contributed by atoms with Crippen LogP contribution < -0.4 is 5.32 Å². The van der Waals surface area contributed by atoms with Crippen molar-refractivity contribution in [2.24, 2.45) is 17.8 Å².